The van der Waals surface area contributed by atoms with Gasteiger partial charge >= 0.3 is 0 Å². The molecule has 2 aromatic rings. The first-order chi connectivity index (χ1) is 12.5. The zero-order chi connectivity index (χ0) is 18.5. The Bertz CT molecular complexity index is 826. The zero-order valence-corrected chi connectivity index (χ0v) is 16.1. The number of morpholine rings is 1. The second-order valence-corrected chi connectivity index (χ2v) is 6.90. The van der Waals surface area contributed by atoms with Gasteiger partial charge in [0, 0.05) is 18.1 Å². The van der Waals surface area contributed by atoms with Crippen LogP contribution in [0.15, 0.2) is 42.5 Å². The number of anilines is 2. The summed E-state index contributed by atoms with van der Waals surface area (Å²) in [5, 5.41) is 6.82. The van der Waals surface area contributed by atoms with Crippen molar-refractivity contribution >= 4 is 57.8 Å². The van der Waals surface area contributed by atoms with Crippen LogP contribution in [-0.2, 0) is 4.74 Å². The molecule has 1 aliphatic rings. The highest BCUT2D eigenvalue weighted by molar-refractivity contribution is 7.80. The molecular formula is C18H17Cl2N3O2S. The van der Waals surface area contributed by atoms with E-state index in [1.54, 1.807) is 30.3 Å². The maximum atomic E-state index is 12.3. The summed E-state index contributed by atoms with van der Waals surface area (Å²) in [4.78, 5) is 14.5. The van der Waals surface area contributed by atoms with E-state index in [1.165, 1.54) is 0 Å². The summed E-state index contributed by atoms with van der Waals surface area (Å²) < 4.78 is 5.40. The fourth-order valence-corrected chi connectivity index (χ4v) is 3.25. The summed E-state index contributed by atoms with van der Waals surface area (Å²) >= 11 is 17.5. The molecule has 0 aliphatic carbocycles. The molecule has 2 aromatic carbocycles. The van der Waals surface area contributed by atoms with Gasteiger partial charge in [-0.05, 0) is 42.5 Å². The zero-order valence-electron chi connectivity index (χ0n) is 13.8. The van der Waals surface area contributed by atoms with E-state index in [4.69, 9.17) is 40.2 Å². The van der Waals surface area contributed by atoms with Gasteiger partial charge in [0.2, 0.25) is 0 Å². The number of carbonyl (C=O) groups excluding carboxylic acids is 1. The first-order valence-electron chi connectivity index (χ1n) is 8.04. The molecule has 3 rings (SSSR count). The van der Waals surface area contributed by atoms with Crippen LogP contribution in [-0.4, -0.2) is 37.3 Å². The second-order valence-electron chi connectivity index (χ2n) is 5.65. The number of rotatable bonds is 3. The van der Waals surface area contributed by atoms with Crippen LogP contribution >= 0.6 is 35.4 Å². The normalized spacial score (nSPS) is 14.0. The van der Waals surface area contributed by atoms with Crippen LogP contribution in [0.5, 0.6) is 0 Å². The fraction of sp³-hybridized carbons (Fsp3) is 0.222. The third kappa shape index (κ3) is 4.65. The number of hydrogen-bond acceptors (Lipinski definition) is 4. The van der Waals surface area contributed by atoms with Crippen molar-refractivity contribution in [2.75, 3.05) is 36.5 Å². The number of nitrogens with one attached hydrogen (secondary N) is 2. The van der Waals surface area contributed by atoms with Crippen LogP contribution in [0.2, 0.25) is 10.0 Å². The van der Waals surface area contributed by atoms with Gasteiger partial charge in [-0.1, -0.05) is 35.3 Å². The number of halogens is 2. The van der Waals surface area contributed by atoms with E-state index >= 15 is 0 Å². The first-order valence-corrected chi connectivity index (χ1v) is 9.20. The minimum absolute atomic E-state index is 0.173. The predicted octanol–water partition coefficient (Wildman–Crippen LogP) is 3.96. The molecule has 1 fully saturated rings. The van der Waals surface area contributed by atoms with Gasteiger partial charge in [0.05, 0.1) is 35.2 Å². The third-order valence-electron chi connectivity index (χ3n) is 3.90. The van der Waals surface area contributed by atoms with Crippen LogP contribution in [0.4, 0.5) is 11.4 Å². The highest BCUT2D eigenvalue weighted by Gasteiger charge is 2.17. The molecule has 0 aromatic heterocycles. The number of ether oxygens (including phenoxy) is 1. The van der Waals surface area contributed by atoms with E-state index in [2.05, 4.69) is 15.5 Å². The van der Waals surface area contributed by atoms with E-state index in [1.807, 2.05) is 12.1 Å². The van der Waals surface area contributed by atoms with E-state index in [-0.39, 0.29) is 11.0 Å². The minimum Gasteiger partial charge on any atom is -0.378 e. The molecule has 1 aliphatic heterocycles. The SMILES string of the molecule is O=C(NC(=S)Nc1cc(Cl)ccc1N1CCOCC1)c1ccccc1Cl. The fourth-order valence-electron chi connectivity index (χ4n) is 2.66. The lowest BCUT2D eigenvalue weighted by Gasteiger charge is -2.30. The maximum Gasteiger partial charge on any atom is 0.258 e. The summed E-state index contributed by atoms with van der Waals surface area (Å²) in [6.45, 7) is 2.87. The van der Waals surface area contributed by atoms with Crippen LogP contribution in [0.25, 0.3) is 0 Å². The van der Waals surface area contributed by atoms with Gasteiger partial charge in [0.25, 0.3) is 5.91 Å². The Morgan fingerprint density at radius 2 is 1.85 bits per heavy atom. The Morgan fingerprint density at radius 3 is 2.58 bits per heavy atom. The van der Waals surface area contributed by atoms with E-state index in [0.717, 1.165) is 24.5 Å². The standard InChI is InChI=1S/C18H17Cl2N3O2S/c19-12-5-6-16(23-7-9-25-10-8-23)15(11-12)21-18(26)22-17(24)13-3-1-2-4-14(13)20/h1-6,11H,7-10H2,(H2,21,22,24,26). The predicted molar refractivity (Wildman–Crippen MR) is 110 cm³/mol. The van der Waals surface area contributed by atoms with Crippen molar-refractivity contribution in [1.29, 1.82) is 0 Å². The monoisotopic (exact) mass is 409 g/mol. The number of nitrogens with zero attached hydrogens (tertiary/aromatic N) is 1. The van der Waals surface area contributed by atoms with Gasteiger partial charge < -0.3 is 15.0 Å². The quantitative estimate of drug-likeness (QED) is 0.751. The van der Waals surface area contributed by atoms with Gasteiger partial charge in [-0.15, -0.1) is 0 Å². The second kappa shape index (κ2) is 8.68. The van der Waals surface area contributed by atoms with Crippen LogP contribution < -0.4 is 15.5 Å². The summed E-state index contributed by atoms with van der Waals surface area (Å²) in [6.07, 6.45) is 0. The molecule has 2 N–H and O–H groups in total. The Balaban J connectivity index is 1.73. The largest absolute Gasteiger partial charge is 0.378 e. The van der Waals surface area contributed by atoms with Gasteiger partial charge in [0.15, 0.2) is 5.11 Å². The smallest absolute Gasteiger partial charge is 0.258 e. The van der Waals surface area contributed by atoms with Crippen molar-refractivity contribution in [2.24, 2.45) is 0 Å². The topological polar surface area (TPSA) is 53.6 Å². The van der Waals surface area contributed by atoms with Crippen molar-refractivity contribution in [3.63, 3.8) is 0 Å². The molecule has 0 bridgehead atoms. The molecule has 26 heavy (non-hydrogen) atoms. The summed E-state index contributed by atoms with van der Waals surface area (Å²) in [5.74, 6) is -0.372. The lowest BCUT2D eigenvalue weighted by atomic mass is 10.2. The van der Waals surface area contributed by atoms with Crippen LogP contribution in [0, 0.1) is 0 Å². The molecule has 1 heterocycles. The molecule has 136 valence electrons. The molecule has 8 heteroatoms. The lowest BCUT2D eigenvalue weighted by molar-refractivity contribution is 0.0978. The average Bonchev–Trinajstić information content (AvgIpc) is 2.62. The Hall–Kier alpha value is -1.86. The third-order valence-corrected chi connectivity index (χ3v) is 4.67. The summed E-state index contributed by atoms with van der Waals surface area (Å²) in [5.41, 5.74) is 2.04. The van der Waals surface area contributed by atoms with Gasteiger partial charge in [-0.2, -0.15) is 0 Å². The van der Waals surface area contributed by atoms with Crippen molar-refractivity contribution in [3.8, 4) is 0 Å². The summed E-state index contributed by atoms with van der Waals surface area (Å²) in [7, 11) is 0. The highest BCUT2D eigenvalue weighted by atomic mass is 35.5. The number of amides is 1. The molecule has 0 spiro atoms. The van der Waals surface area contributed by atoms with E-state index in [9.17, 15) is 4.79 Å². The van der Waals surface area contributed by atoms with Crippen LogP contribution in [0.3, 0.4) is 0 Å². The van der Waals surface area contributed by atoms with Crippen LogP contribution in [0.1, 0.15) is 10.4 Å². The molecule has 5 nitrogen and oxygen atoms in total. The first kappa shape index (κ1) is 18.9. The lowest BCUT2D eigenvalue weighted by Crippen LogP contribution is -2.38. The number of thiocarbonyl (C=S) groups is 1. The Labute approximate surface area is 167 Å². The molecule has 1 amide bonds. The average molecular weight is 410 g/mol. The molecule has 0 radical (unpaired) electrons. The molecule has 0 unspecified atom stereocenters. The highest BCUT2D eigenvalue weighted by Crippen LogP contribution is 2.30. The van der Waals surface area contributed by atoms with Crippen molar-refractivity contribution in [3.05, 3.63) is 58.1 Å². The van der Waals surface area contributed by atoms with Gasteiger partial charge in [-0.3, -0.25) is 10.1 Å². The van der Waals surface area contributed by atoms with E-state index < -0.39 is 0 Å². The summed E-state index contributed by atoms with van der Waals surface area (Å²) in [6, 6.07) is 12.3. The Morgan fingerprint density at radius 1 is 1.12 bits per heavy atom. The number of hydrogen-bond donors (Lipinski definition) is 2. The molecule has 0 saturated carbocycles. The van der Waals surface area contributed by atoms with Gasteiger partial charge in [0.1, 0.15) is 0 Å². The maximum absolute atomic E-state index is 12.3. The molecule has 0 atom stereocenters. The molecular weight excluding hydrogens is 393 g/mol. The van der Waals surface area contributed by atoms with E-state index in [0.29, 0.717) is 28.8 Å². The minimum atomic E-state index is -0.372. The molecule has 1 saturated heterocycles. The van der Waals surface area contributed by atoms with Crippen molar-refractivity contribution < 1.29 is 9.53 Å². The number of carbonyl (C=O) groups is 1. The Kier molecular flexibility index (Phi) is 6.32. The van der Waals surface area contributed by atoms with Crippen molar-refractivity contribution in [1.82, 2.24) is 5.32 Å². The number of benzene rings is 2. The van der Waals surface area contributed by atoms with Gasteiger partial charge in [-0.25, -0.2) is 0 Å². The van der Waals surface area contributed by atoms with Crippen molar-refractivity contribution in [2.45, 2.75) is 0 Å².